The minimum Gasteiger partial charge on any atom is -0.493 e. The number of methoxy groups -OCH3 is 3. The van der Waals surface area contributed by atoms with Gasteiger partial charge >= 0.3 is 6.03 Å². The lowest BCUT2D eigenvalue weighted by molar-refractivity contribution is -0.132. The van der Waals surface area contributed by atoms with E-state index in [-0.39, 0.29) is 30.6 Å². The molecule has 210 valence electrons. The van der Waals surface area contributed by atoms with Gasteiger partial charge in [0.25, 0.3) is 0 Å². The summed E-state index contributed by atoms with van der Waals surface area (Å²) in [7, 11) is 4.70. The molecule has 0 aliphatic heterocycles. The van der Waals surface area contributed by atoms with Gasteiger partial charge in [0.05, 0.1) is 32.1 Å². The monoisotopic (exact) mass is 561 g/mol. The molecule has 1 N–H and O–H groups in total. The van der Waals surface area contributed by atoms with Crippen molar-refractivity contribution >= 4 is 29.2 Å². The molecule has 0 aliphatic rings. The Bertz CT molecular complexity index is 1220. The van der Waals surface area contributed by atoms with E-state index in [1.165, 1.54) is 17.0 Å². The van der Waals surface area contributed by atoms with Gasteiger partial charge in [-0.3, -0.25) is 4.79 Å². The van der Waals surface area contributed by atoms with E-state index in [4.69, 9.17) is 30.2 Å². The normalized spacial score (nSPS) is 10.7. The summed E-state index contributed by atoms with van der Waals surface area (Å²) < 4.78 is 34.9. The van der Waals surface area contributed by atoms with Gasteiger partial charge in [-0.05, 0) is 60.9 Å². The van der Waals surface area contributed by atoms with Gasteiger partial charge in [-0.2, -0.15) is 0 Å². The Kier molecular flexibility index (Phi) is 11.4. The summed E-state index contributed by atoms with van der Waals surface area (Å²) in [5.74, 6) is 0.971. The first kappa shape index (κ1) is 29.8. The topological polar surface area (TPSA) is 93.5 Å². The maximum absolute atomic E-state index is 13.6. The third-order valence-corrected chi connectivity index (χ3v) is 6.25. The standard InChI is InChI=1S/C28H33ClFN3O6/c1-36-14-5-12-33(28(35)31-21-8-9-24(30)23(29)17-21)19-27(34)32(18-22-6-4-15-39-22)13-11-20-7-10-25(37-2)26(16-20)38-3/h4,6-10,15-17H,5,11-14,18-19H2,1-3H3,(H,31,35). The Morgan fingerprint density at radius 1 is 1.00 bits per heavy atom. The average molecular weight is 562 g/mol. The number of hydrogen-bond donors (Lipinski definition) is 1. The van der Waals surface area contributed by atoms with Crippen molar-refractivity contribution in [1.29, 1.82) is 0 Å². The molecule has 1 aromatic heterocycles. The van der Waals surface area contributed by atoms with E-state index >= 15 is 0 Å². The van der Waals surface area contributed by atoms with Crippen molar-refractivity contribution < 1.29 is 32.6 Å². The van der Waals surface area contributed by atoms with E-state index in [1.54, 1.807) is 44.6 Å². The van der Waals surface area contributed by atoms with Gasteiger partial charge in [0.2, 0.25) is 5.91 Å². The molecular formula is C28H33ClFN3O6. The van der Waals surface area contributed by atoms with Crippen molar-refractivity contribution in [3.05, 3.63) is 77.0 Å². The van der Waals surface area contributed by atoms with Crippen LogP contribution in [-0.2, 0) is 22.5 Å². The van der Waals surface area contributed by atoms with Crippen molar-refractivity contribution in [1.82, 2.24) is 9.80 Å². The summed E-state index contributed by atoms with van der Waals surface area (Å²) in [6.45, 7) is 1.10. The average Bonchev–Trinajstić information content (AvgIpc) is 3.45. The maximum Gasteiger partial charge on any atom is 0.322 e. The number of halogens is 2. The van der Waals surface area contributed by atoms with Gasteiger partial charge in [0.1, 0.15) is 18.1 Å². The van der Waals surface area contributed by atoms with E-state index in [2.05, 4.69) is 5.32 Å². The SMILES string of the molecule is COCCCN(CC(=O)N(CCc1ccc(OC)c(OC)c1)Cc1ccco1)C(=O)Nc1ccc(F)c(Cl)c1. The first-order valence-corrected chi connectivity index (χ1v) is 12.7. The molecule has 0 fully saturated rings. The Hall–Kier alpha value is -3.76. The molecule has 0 saturated carbocycles. The van der Waals surface area contributed by atoms with Gasteiger partial charge in [0, 0.05) is 32.5 Å². The number of benzene rings is 2. The molecule has 2 aromatic carbocycles. The highest BCUT2D eigenvalue weighted by Crippen LogP contribution is 2.28. The van der Waals surface area contributed by atoms with Crippen LogP contribution in [0.15, 0.2) is 59.2 Å². The Morgan fingerprint density at radius 2 is 1.79 bits per heavy atom. The number of anilines is 1. The van der Waals surface area contributed by atoms with E-state index in [1.807, 2.05) is 18.2 Å². The first-order valence-electron chi connectivity index (χ1n) is 12.4. The molecular weight excluding hydrogens is 529 g/mol. The third kappa shape index (κ3) is 8.90. The van der Waals surface area contributed by atoms with Crippen LogP contribution in [0.3, 0.4) is 0 Å². The number of ether oxygens (including phenoxy) is 3. The number of hydrogen-bond acceptors (Lipinski definition) is 6. The molecule has 0 atom stereocenters. The molecule has 0 aliphatic carbocycles. The highest BCUT2D eigenvalue weighted by atomic mass is 35.5. The van der Waals surface area contributed by atoms with E-state index in [0.717, 1.165) is 11.6 Å². The summed E-state index contributed by atoms with van der Waals surface area (Å²) in [4.78, 5) is 29.7. The minimum atomic E-state index is -0.593. The molecule has 3 amide bonds. The Labute approximate surface area is 232 Å². The summed E-state index contributed by atoms with van der Waals surface area (Å²) in [5.41, 5.74) is 1.27. The smallest absolute Gasteiger partial charge is 0.322 e. The van der Waals surface area contributed by atoms with Crippen molar-refractivity contribution in [3.8, 4) is 11.5 Å². The van der Waals surface area contributed by atoms with Crippen LogP contribution >= 0.6 is 11.6 Å². The number of carbonyl (C=O) groups is 2. The number of urea groups is 1. The summed E-state index contributed by atoms with van der Waals surface area (Å²) in [6.07, 6.45) is 2.60. The largest absolute Gasteiger partial charge is 0.493 e. The van der Waals surface area contributed by atoms with E-state index in [9.17, 15) is 14.0 Å². The Balaban J connectivity index is 1.74. The lowest BCUT2D eigenvalue weighted by atomic mass is 10.1. The lowest BCUT2D eigenvalue weighted by Crippen LogP contribution is -2.45. The molecule has 3 rings (SSSR count). The van der Waals surface area contributed by atoms with Crippen LogP contribution < -0.4 is 14.8 Å². The molecule has 0 radical (unpaired) electrons. The van der Waals surface area contributed by atoms with Crippen molar-refractivity contribution in [3.63, 3.8) is 0 Å². The van der Waals surface area contributed by atoms with Crippen LogP contribution in [0.1, 0.15) is 17.7 Å². The summed E-state index contributed by atoms with van der Waals surface area (Å²) in [6, 6.07) is 12.5. The highest BCUT2D eigenvalue weighted by molar-refractivity contribution is 6.31. The summed E-state index contributed by atoms with van der Waals surface area (Å²) in [5, 5.41) is 2.57. The van der Waals surface area contributed by atoms with Gasteiger partial charge in [-0.1, -0.05) is 17.7 Å². The molecule has 3 aromatic rings. The number of amides is 3. The van der Waals surface area contributed by atoms with E-state index in [0.29, 0.717) is 48.9 Å². The molecule has 0 bridgehead atoms. The van der Waals surface area contributed by atoms with Crippen molar-refractivity contribution in [2.45, 2.75) is 19.4 Å². The van der Waals surface area contributed by atoms with Crippen LogP contribution in [0.2, 0.25) is 5.02 Å². The Morgan fingerprint density at radius 3 is 2.46 bits per heavy atom. The fraction of sp³-hybridized carbons (Fsp3) is 0.357. The lowest BCUT2D eigenvalue weighted by Gasteiger charge is -2.27. The fourth-order valence-corrected chi connectivity index (χ4v) is 4.06. The molecule has 1 heterocycles. The van der Waals surface area contributed by atoms with Gasteiger partial charge in [-0.15, -0.1) is 0 Å². The zero-order chi connectivity index (χ0) is 28.2. The zero-order valence-electron chi connectivity index (χ0n) is 22.2. The van der Waals surface area contributed by atoms with Gasteiger partial charge in [0.15, 0.2) is 11.5 Å². The number of furan rings is 1. The van der Waals surface area contributed by atoms with Crippen molar-refractivity contribution in [2.24, 2.45) is 0 Å². The number of nitrogens with zero attached hydrogens (tertiary/aromatic N) is 2. The highest BCUT2D eigenvalue weighted by Gasteiger charge is 2.23. The van der Waals surface area contributed by atoms with Crippen LogP contribution in [0.4, 0.5) is 14.9 Å². The van der Waals surface area contributed by atoms with Crippen LogP contribution in [0.25, 0.3) is 0 Å². The zero-order valence-corrected chi connectivity index (χ0v) is 23.0. The molecule has 0 saturated heterocycles. The number of nitrogens with one attached hydrogen (secondary N) is 1. The molecule has 11 heteroatoms. The number of carbonyl (C=O) groups excluding carboxylic acids is 2. The number of rotatable bonds is 14. The predicted molar refractivity (Wildman–Crippen MR) is 146 cm³/mol. The van der Waals surface area contributed by atoms with Gasteiger partial charge < -0.3 is 33.7 Å². The van der Waals surface area contributed by atoms with Gasteiger partial charge in [-0.25, -0.2) is 9.18 Å². The maximum atomic E-state index is 13.6. The second kappa shape index (κ2) is 15.0. The van der Waals surface area contributed by atoms with Crippen LogP contribution in [0, 0.1) is 5.82 Å². The summed E-state index contributed by atoms with van der Waals surface area (Å²) >= 11 is 5.85. The fourth-order valence-electron chi connectivity index (χ4n) is 3.87. The van der Waals surface area contributed by atoms with Crippen molar-refractivity contribution in [2.75, 3.05) is 52.9 Å². The molecule has 0 spiro atoms. The third-order valence-electron chi connectivity index (χ3n) is 5.96. The second-order valence-electron chi connectivity index (χ2n) is 8.66. The second-order valence-corrected chi connectivity index (χ2v) is 9.07. The van der Waals surface area contributed by atoms with Crippen LogP contribution in [0.5, 0.6) is 11.5 Å². The van der Waals surface area contributed by atoms with E-state index < -0.39 is 11.8 Å². The molecule has 0 unspecified atom stereocenters. The minimum absolute atomic E-state index is 0.116. The molecule has 39 heavy (non-hydrogen) atoms. The first-order chi connectivity index (χ1) is 18.8. The predicted octanol–water partition coefficient (Wildman–Crippen LogP) is 5.23. The quantitative estimate of drug-likeness (QED) is 0.271. The molecule has 9 nitrogen and oxygen atoms in total. The van der Waals surface area contributed by atoms with Crippen LogP contribution in [-0.4, -0.2) is 69.3 Å².